The van der Waals surface area contributed by atoms with Crippen LogP contribution in [0.1, 0.15) is 18.1 Å². The first kappa shape index (κ1) is 12.1. The molecule has 1 heterocycles. The van der Waals surface area contributed by atoms with Gasteiger partial charge in [0.2, 0.25) is 0 Å². The van der Waals surface area contributed by atoms with Crippen LogP contribution in [0.15, 0.2) is 22.7 Å². The van der Waals surface area contributed by atoms with Gasteiger partial charge in [-0.3, -0.25) is 0 Å². The van der Waals surface area contributed by atoms with Gasteiger partial charge >= 0.3 is 0 Å². The summed E-state index contributed by atoms with van der Waals surface area (Å²) in [7, 11) is 0. The van der Waals surface area contributed by atoms with Crippen molar-refractivity contribution in [1.82, 2.24) is 5.32 Å². The van der Waals surface area contributed by atoms with Crippen LogP contribution in [0.2, 0.25) is 0 Å². The highest BCUT2D eigenvalue weighted by atomic mass is 79.9. The summed E-state index contributed by atoms with van der Waals surface area (Å²) in [5, 5.41) is 3.44. The van der Waals surface area contributed by atoms with Crippen LogP contribution in [0.4, 0.5) is 0 Å². The van der Waals surface area contributed by atoms with E-state index in [4.69, 9.17) is 4.74 Å². The molecule has 16 heavy (non-hydrogen) atoms. The lowest BCUT2D eigenvalue weighted by molar-refractivity contribution is 0.00881. The maximum atomic E-state index is 5.79. The predicted molar refractivity (Wildman–Crippen MR) is 69.8 cm³/mol. The van der Waals surface area contributed by atoms with Gasteiger partial charge in [0, 0.05) is 17.1 Å². The fourth-order valence-corrected chi connectivity index (χ4v) is 2.21. The van der Waals surface area contributed by atoms with Crippen molar-refractivity contribution in [3.05, 3.63) is 33.8 Å². The minimum Gasteiger partial charge on any atom is -0.375 e. The molecule has 2 rings (SSSR count). The Morgan fingerprint density at radius 3 is 2.94 bits per heavy atom. The van der Waals surface area contributed by atoms with Crippen molar-refractivity contribution < 1.29 is 4.74 Å². The van der Waals surface area contributed by atoms with Crippen LogP contribution in [0.3, 0.4) is 0 Å². The Bertz CT molecular complexity index is 359. The number of rotatable bonds is 2. The van der Waals surface area contributed by atoms with Crippen LogP contribution in [-0.2, 0) is 11.2 Å². The average Bonchev–Trinajstić information content (AvgIpc) is 2.27. The molecule has 2 unspecified atom stereocenters. The van der Waals surface area contributed by atoms with Crippen molar-refractivity contribution in [2.45, 2.75) is 32.4 Å². The van der Waals surface area contributed by atoms with Crippen molar-refractivity contribution >= 4 is 15.9 Å². The first-order valence-corrected chi connectivity index (χ1v) is 6.54. The number of nitrogens with one attached hydrogen (secondary N) is 1. The number of halogens is 1. The summed E-state index contributed by atoms with van der Waals surface area (Å²) in [5.74, 6) is 0. The van der Waals surface area contributed by atoms with Gasteiger partial charge in [0.1, 0.15) is 0 Å². The Morgan fingerprint density at radius 2 is 2.31 bits per heavy atom. The van der Waals surface area contributed by atoms with Crippen molar-refractivity contribution in [1.29, 1.82) is 0 Å². The third-order valence-corrected chi connectivity index (χ3v) is 3.85. The molecule has 0 aromatic heterocycles. The number of hydrogen-bond acceptors (Lipinski definition) is 2. The normalized spacial score (nSPS) is 25.7. The number of morpholine rings is 1. The van der Waals surface area contributed by atoms with Gasteiger partial charge in [-0.1, -0.05) is 28.1 Å². The minimum atomic E-state index is 0.316. The SMILES string of the molecule is Cc1cc(CC2CNC(C)CO2)ccc1Br. The molecular formula is C13H18BrNO. The number of aryl methyl sites for hydroxylation is 1. The molecule has 1 N–H and O–H groups in total. The molecule has 0 bridgehead atoms. The monoisotopic (exact) mass is 283 g/mol. The zero-order valence-corrected chi connectivity index (χ0v) is 11.4. The van der Waals surface area contributed by atoms with Crippen LogP contribution < -0.4 is 5.32 Å². The fraction of sp³-hybridized carbons (Fsp3) is 0.538. The highest BCUT2D eigenvalue weighted by molar-refractivity contribution is 9.10. The zero-order valence-electron chi connectivity index (χ0n) is 9.79. The Morgan fingerprint density at radius 1 is 1.50 bits per heavy atom. The van der Waals surface area contributed by atoms with E-state index in [0.717, 1.165) is 19.6 Å². The first-order valence-electron chi connectivity index (χ1n) is 5.75. The van der Waals surface area contributed by atoms with E-state index >= 15 is 0 Å². The van der Waals surface area contributed by atoms with Crippen LogP contribution in [-0.4, -0.2) is 25.3 Å². The van der Waals surface area contributed by atoms with Gasteiger partial charge in [0.15, 0.2) is 0 Å². The summed E-state index contributed by atoms with van der Waals surface area (Å²) in [4.78, 5) is 0. The van der Waals surface area contributed by atoms with Gasteiger partial charge in [-0.05, 0) is 37.5 Å². The lowest BCUT2D eigenvalue weighted by Gasteiger charge is -2.28. The van der Waals surface area contributed by atoms with Gasteiger partial charge < -0.3 is 10.1 Å². The molecule has 0 aliphatic carbocycles. The molecule has 1 fully saturated rings. The Kier molecular flexibility index (Phi) is 4.00. The maximum absolute atomic E-state index is 5.79. The topological polar surface area (TPSA) is 21.3 Å². The second-order valence-electron chi connectivity index (χ2n) is 4.55. The fourth-order valence-electron chi connectivity index (χ4n) is 1.96. The second-order valence-corrected chi connectivity index (χ2v) is 5.41. The summed E-state index contributed by atoms with van der Waals surface area (Å²) in [6.45, 7) is 6.05. The summed E-state index contributed by atoms with van der Waals surface area (Å²) in [5.41, 5.74) is 2.64. The van der Waals surface area contributed by atoms with E-state index in [-0.39, 0.29) is 0 Å². The van der Waals surface area contributed by atoms with Crippen LogP contribution >= 0.6 is 15.9 Å². The highest BCUT2D eigenvalue weighted by Gasteiger charge is 2.18. The number of benzene rings is 1. The van der Waals surface area contributed by atoms with Crippen molar-refractivity contribution in [2.24, 2.45) is 0 Å². The predicted octanol–water partition coefficient (Wildman–Crippen LogP) is 2.68. The van der Waals surface area contributed by atoms with E-state index in [1.165, 1.54) is 15.6 Å². The second kappa shape index (κ2) is 5.30. The van der Waals surface area contributed by atoms with E-state index in [9.17, 15) is 0 Å². The molecule has 0 saturated carbocycles. The zero-order chi connectivity index (χ0) is 11.5. The third kappa shape index (κ3) is 3.06. The molecule has 1 aromatic rings. The molecular weight excluding hydrogens is 266 g/mol. The molecule has 88 valence electrons. The van der Waals surface area contributed by atoms with Crippen LogP contribution in [0, 0.1) is 6.92 Å². The molecule has 3 heteroatoms. The summed E-state index contributed by atoms with van der Waals surface area (Å²) < 4.78 is 6.96. The van der Waals surface area contributed by atoms with E-state index in [1.54, 1.807) is 0 Å². The minimum absolute atomic E-state index is 0.316. The van der Waals surface area contributed by atoms with Gasteiger partial charge in [-0.25, -0.2) is 0 Å². The Hall–Kier alpha value is -0.380. The van der Waals surface area contributed by atoms with Crippen LogP contribution in [0.25, 0.3) is 0 Å². The lowest BCUT2D eigenvalue weighted by atomic mass is 10.0. The summed E-state index contributed by atoms with van der Waals surface area (Å²) in [6, 6.07) is 7.00. The van der Waals surface area contributed by atoms with Gasteiger partial charge in [0.25, 0.3) is 0 Å². The molecule has 2 nitrogen and oxygen atoms in total. The third-order valence-electron chi connectivity index (χ3n) is 2.96. The standard InChI is InChI=1S/C13H18BrNO/c1-9-5-11(3-4-13(9)14)6-12-7-15-10(2)8-16-12/h3-5,10,12,15H,6-8H2,1-2H3. The van der Waals surface area contributed by atoms with E-state index < -0.39 is 0 Å². The van der Waals surface area contributed by atoms with Crippen molar-refractivity contribution in [3.63, 3.8) is 0 Å². The highest BCUT2D eigenvalue weighted by Crippen LogP contribution is 2.18. The number of hydrogen-bond donors (Lipinski definition) is 1. The maximum Gasteiger partial charge on any atom is 0.0740 e. The molecule has 0 spiro atoms. The molecule has 1 saturated heterocycles. The van der Waals surface area contributed by atoms with Gasteiger partial charge in [-0.2, -0.15) is 0 Å². The van der Waals surface area contributed by atoms with Gasteiger partial charge in [-0.15, -0.1) is 0 Å². The molecule has 0 radical (unpaired) electrons. The van der Waals surface area contributed by atoms with Crippen molar-refractivity contribution in [3.8, 4) is 0 Å². The Labute approximate surface area is 106 Å². The largest absolute Gasteiger partial charge is 0.375 e. The molecule has 1 aliphatic heterocycles. The van der Waals surface area contributed by atoms with E-state index in [0.29, 0.717) is 12.1 Å². The lowest BCUT2D eigenvalue weighted by Crippen LogP contribution is -2.45. The van der Waals surface area contributed by atoms with Crippen molar-refractivity contribution in [2.75, 3.05) is 13.2 Å². The van der Waals surface area contributed by atoms with E-state index in [2.05, 4.69) is 53.3 Å². The van der Waals surface area contributed by atoms with E-state index in [1.807, 2.05) is 0 Å². The molecule has 1 aromatic carbocycles. The summed E-state index contributed by atoms with van der Waals surface area (Å²) >= 11 is 3.52. The molecule has 2 atom stereocenters. The smallest absolute Gasteiger partial charge is 0.0740 e. The van der Waals surface area contributed by atoms with Crippen LogP contribution in [0.5, 0.6) is 0 Å². The summed E-state index contributed by atoms with van der Waals surface area (Å²) in [6.07, 6.45) is 1.31. The van der Waals surface area contributed by atoms with Gasteiger partial charge in [0.05, 0.1) is 12.7 Å². The number of ether oxygens (including phenoxy) is 1. The molecule has 0 amide bonds. The molecule has 1 aliphatic rings. The quantitative estimate of drug-likeness (QED) is 0.901. The average molecular weight is 284 g/mol. The first-order chi connectivity index (χ1) is 7.65. The Balaban J connectivity index is 1.96.